The molecule has 6 nitrogen and oxygen atoms in total. The van der Waals surface area contributed by atoms with Crippen molar-refractivity contribution in [3.05, 3.63) is 95.1 Å². The molecule has 166 valence electrons. The van der Waals surface area contributed by atoms with Gasteiger partial charge in [-0.05, 0) is 35.9 Å². The molecule has 4 rings (SSSR count). The van der Waals surface area contributed by atoms with E-state index >= 15 is 0 Å². The Morgan fingerprint density at radius 1 is 1.00 bits per heavy atom. The summed E-state index contributed by atoms with van der Waals surface area (Å²) in [5.74, 6) is -1.82. The topological polar surface area (TPSA) is 75.7 Å². The first-order chi connectivity index (χ1) is 15.3. The van der Waals surface area contributed by atoms with Crippen LogP contribution < -0.4 is 10.1 Å². The zero-order valence-corrected chi connectivity index (χ0v) is 17.7. The molecule has 0 radical (unpaired) electrons. The van der Waals surface area contributed by atoms with Crippen molar-refractivity contribution < 1.29 is 26.7 Å². The summed E-state index contributed by atoms with van der Waals surface area (Å²) in [4.78, 5) is 12.1. The number of sulfonamides is 1. The normalized spacial score (nSPS) is 14.2. The van der Waals surface area contributed by atoms with E-state index < -0.39 is 26.6 Å². The molecule has 1 amide bonds. The second-order valence-corrected chi connectivity index (χ2v) is 9.22. The number of benzene rings is 3. The van der Waals surface area contributed by atoms with Gasteiger partial charge in [0.15, 0.2) is 0 Å². The Morgan fingerprint density at radius 3 is 2.44 bits per heavy atom. The lowest BCUT2D eigenvalue weighted by Crippen LogP contribution is -2.32. The number of carbonyl (C=O) groups excluding carboxylic acids is 1. The molecule has 0 spiro atoms. The van der Waals surface area contributed by atoms with E-state index in [2.05, 4.69) is 5.32 Å². The number of nitrogens with zero attached hydrogens (tertiary/aromatic N) is 1. The Morgan fingerprint density at radius 2 is 1.72 bits per heavy atom. The molecule has 1 N–H and O–H groups in total. The van der Waals surface area contributed by atoms with Crippen molar-refractivity contribution in [2.45, 2.75) is 18.0 Å². The van der Waals surface area contributed by atoms with Gasteiger partial charge in [0, 0.05) is 36.8 Å². The molecule has 1 aliphatic heterocycles. The van der Waals surface area contributed by atoms with Gasteiger partial charge >= 0.3 is 0 Å². The molecule has 0 unspecified atom stereocenters. The van der Waals surface area contributed by atoms with E-state index in [-0.39, 0.29) is 25.6 Å². The van der Waals surface area contributed by atoms with Crippen LogP contribution in [-0.4, -0.2) is 31.8 Å². The fourth-order valence-electron chi connectivity index (χ4n) is 3.42. The lowest BCUT2D eigenvalue weighted by Gasteiger charge is -2.20. The molecule has 0 saturated heterocycles. The monoisotopic (exact) mass is 458 g/mol. The molecule has 0 bridgehead atoms. The van der Waals surface area contributed by atoms with Crippen molar-refractivity contribution in [3.8, 4) is 5.75 Å². The molecule has 3 aromatic rings. The van der Waals surface area contributed by atoms with Crippen molar-refractivity contribution in [3.63, 3.8) is 0 Å². The maximum absolute atomic E-state index is 13.6. The van der Waals surface area contributed by atoms with E-state index in [1.54, 1.807) is 18.2 Å². The van der Waals surface area contributed by atoms with Gasteiger partial charge in [-0.15, -0.1) is 0 Å². The number of ether oxygens (including phenoxy) is 1. The number of rotatable bonds is 5. The quantitative estimate of drug-likeness (QED) is 0.635. The van der Waals surface area contributed by atoms with E-state index in [4.69, 9.17) is 4.74 Å². The van der Waals surface area contributed by atoms with Gasteiger partial charge in [-0.1, -0.05) is 30.3 Å². The van der Waals surface area contributed by atoms with E-state index in [1.165, 1.54) is 0 Å². The van der Waals surface area contributed by atoms with Crippen LogP contribution in [0.25, 0.3) is 0 Å². The van der Waals surface area contributed by atoms with Gasteiger partial charge in [0.25, 0.3) is 5.91 Å². The minimum absolute atomic E-state index is 0.00924. The Labute approximate surface area is 184 Å². The predicted molar refractivity (Wildman–Crippen MR) is 114 cm³/mol. The van der Waals surface area contributed by atoms with Crippen molar-refractivity contribution in [2.24, 2.45) is 0 Å². The van der Waals surface area contributed by atoms with Gasteiger partial charge in [-0.25, -0.2) is 17.2 Å². The zero-order chi connectivity index (χ0) is 22.7. The highest BCUT2D eigenvalue weighted by Gasteiger charge is 2.29. The molecule has 1 aliphatic rings. The summed E-state index contributed by atoms with van der Waals surface area (Å²) >= 11 is 0. The number of nitrogens with one attached hydrogen (secondary N) is 1. The maximum atomic E-state index is 13.6. The van der Waals surface area contributed by atoms with E-state index in [1.807, 2.05) is 30.3 Å². The summed E-state index contributed by atoms with van der Waals surface area (Å²) in [5.41, 5.74) is 1.77. The highest BCUT2D eigenvalue weighted by atomic mass is 32.2. The Hall–Kier alpha value is -3.30. The van der Waals surface area contributed by atoms with Crippen LogP contribution in [-0.2, 0) is 23.1 Å². The van der Waals surface area contributed by atoms with Crippen LogP contribution in [0, 0.1) is 11.6 Å². The van der Waals surface area contributed by atoms with E-state index in [9.17, 15) is 22.0 Å². The minimum atomic E-state index is -4.18. The Kier molecular flexibility index (Phi) is 6.20. The number of amides is 1. The van der Waals surface area contributed by atoms with Crippen LogP contribution in [0.5, 0.6) is 5.75 Å². The fourth-order valence-corrected chi connectivity index (χ4v) is 4.87. The molecular weight excluding hydrogens is 438 g/mol. The Bertz CT molecular complexity index is 1230. The van der Waals surface area contributed by atoms with Gasteiger partial charge in [-0.3, -0.25) is 4.79 Å². The number of carbonyl (C=O) groups is 1. The lowest BCUT2D eigenvalue weighted by molar-refractivity contribution is 0.0950. The second-order valence-electron chi connectivity index (χ2n) is 7.28. The standard InChI is InChI=1S/C23H20F2N2O4S/c24-19-11-20(25)13-21(12-19)32(29,30)27-8-9-31-22-7-6-17(10-18(22)15-27)23(28)26-14-16-4-2-1-3-5-16/h1-7,10-13H,8-9,14-15H2,(H,26,28). The zero-order valence-electron chi connectivity index (χ0n) is 16.9. The molecule has 0 aromatic heterocycles. The predicted octanol–water partition coefficient (Wildman–Crippen LogP) is 3.48. The molecule has 1 heterocycles. The third-order valence-electron chi connectivity index (χ3n) is 5.04. The van der Waals surface area contributed by atoms with Gasteiger partial charge in [-0.2, -0.15) is 4.31 Å². The van der Waals surface area contributed by atoms with Crippen LogP contribution in [0.4, 0.5) is 8.78 Å². The third-order valence-corrected chi connectivity index (χ3v) is 6.86. The number of hydrogen-bond donors (Lipinski definition) is 1. The molecule has 0 fully saturated rings. The molecule has 0 aliphatic carbocycles. The van der Waals surface area contributed by atoms with Gasteiger partial charge < -0.3 is 10.1 Å². The third kappa shape index (κ3) is 4.79. The van der Waals surface area contributed by atoms with Gasteiger partial charge in [0.05, 0.1) is 4.90 Å². The summed E-state index contributed by atoms with van der Waals surface area (Å²) in [5, 5.41) is 2.82. The van der Waals surface area contributed by atoms with Crippen molar-refractivity contribution in [1.82, 2.24) is 9.62 Å². The largest absolute Gasteiger partial charge is 0.492 e. The smallest absolute Gasteiger partial charge is 0.251 e. The lowest BCUT2D eigenvalue weighted by atomic mass is 10.1. The van der Waals surface area contributed by atoms with E-state index in [0.29, 0.717) is 29.5 Å². The van der Waals surface area contributed by atoms with Crippen LogP contribution in [0.2, 0.25) is 0 Å². The van der Waals surface area contributed by atoms with Crippen molar-refractivity contribution in [1.29, 1.82) is 0 Å². The van der Waals surface area contributed by atoms with Crippen LogP contribution >= 0.6 is 0 Å². The molecule has 9 heteroatoms. The van der Waals surface area contributed by atoms with E-state index in [0.717, 1.165) is 22.0 Å². The molecular formula is C23H20F2N2O4S. The molecule has 0 atom stereocenters. The maximum Gasteiger partial charge on any atom is 0.251 e. The number of halogens is 2. The van der Waals surface area contributed by atoms with Crippen LogP contribution in [0.3, 0.4) is 0 Å². The van der Waals surface area contributed by atoms with Crippen LogP contribution in [0.15, 0.2) is 71.6 Å². The SMILES string of the molecule is O=C(NCc1ccccc1)c1ccc2c(c1)CN(S(=O)(=O)c1cc(F)cc(F)c1)CCO2. The average Bonchev–Trinajstić information content (AvgIpc) is 3.00. The average molecular weight is 458 g/mol. The molecule has 3 aromatic carbocycles. The second kappa shape index (κ2) is 9.05. The highest BCUT2D eigenvalue weighted by Crippen LogP contribution is 2.28. The summed E-state index contributed by atoms with van der Waals surface area (Å²) in [7, 11) is -4.18. The number of fused-ring (bicyclic) bond motifs is 1. The summed E-state index contributed by atoms with van der Waals surface area (Å²) in [6.07, 6.45) is 0. The molecule has 0 saturated carbocycles. The van der Waals surface area contributed by atoms with Crippen LogP contribution in [0.1, 0.15) is 21.5 Å². The summed E-state index contributed by atoms with van der Waals surface area (Å²) in [6, 6.07) is 16.4. The first kappa shape index (κ1) is 21.9. The minimum Gasteiger partial charge on any atom is -0.492 e. The van der Waals surface area contributed by atoms with Gasteiger partial charge in [0.1, 0.15) is 24.0 Å². The summed E-state index contributed by atoms with van der Waals surface area (Å²) < 4.78 is 59.9. The molecule has 32 heavy (non-hydrogen) atoms. The van der Waals surface area contributed by atoms with Crippen molar-refractivity contribution in [2.75, 3.05) is 13.2 Å². The first-order valence-corrected chi connectivity index (χ1v) is 11.3. The summed E-state index contributed by atoms with van der Waals surface area (Å²) in [6.45, 7) is 0.294. The first-order valence-electron chi connectivity index (χ1n) is 9.87. The number of hydrogen-bond acceptors (Lipinski definition) is 4. The highest BCUT2D eigenvalue weighted by molar-refractivity contribution is 7.89. The Balaban J connectivity index is 1.56. The van der Waals surface area contributed by atoms with Crippen molar-refractivity contribution >= 4 is 15.9 Å². The fraction of sp³-hybridized carbons (Fsp3) is 0.174. The van der Waals surface area contributed by atoms with Gasteiger partial charge in [0.2, 0.25) is 10.0 Å².